The minimum absolute atomic E-state index is 0.0804. The molecular weight excluding hydrogens is 460 g/mol. The number of benzene rings is 3. The third-order valence-corrected chi connectivity index (χ3v) is 6.17. The molecule has 1 fully saturated rings. The van der Waals surface area contributed by atoms with Crippen molar-refractivity contribution in [2.24, 2.45) is 0 Å². The fourth-order valence-corrected chi connectivity index (χ4v) is 4.18. The van der Waals surface area contributed by atoms with Crippen LogP contribution in [-0.2, 0) is 9.59 Å². The van der Waals surface area contributed by atoms with Crippen LogP contribution in [-0.4, -0.2) is 49.9 Å². The van der Waals surface area contributed by atoms with E-state index in [0.29, 0.717) is 11.3 Å². The largest absolute Gasteiger partial charge is 0.507 e. The zero-order chi connectivity index (χ0) is 26.1. The molecule has 1 unspecified atom stereocenters. The van der Waals surface area contributed by atoms with Gasteiger partial charge in [0.25, 0.3) is 17.4 Å². The number of carbonyl (C=O) groups excluding carboxylic acids is 2. The molecule has 0 saturated carbocycles. The SMILES string of the molecule is CN(C)c1ccc(C2/C(=C(/O)c3ccc([N+](=O)[O-])cc3)C(=O)C(=O)N2c2ccc(N(C)C)cc2)cc1. The number of rotatable bonds is 6. The average molecular weight is 487 g/mol. The number of nitrogens with zero attached hydrogens (tertiary/aromatic N) is 4. The first-order valence-corrected chi connectivity index (χ1v) is 11.2. The van der Waals surface area contributed by atoms with E-state index in [1.165, 1.54) is 29.2 Å². The van der Waals surface area contributed by atoms with Crippen molar-refractivity contribution in [1.82, 2.24) is 0 Å². The quantitative estimate of drug-likeness (QED) is 0.181. The zero-order valence-electron chi connectivity index (χ0n) is 20.4. The summed E-state index contributed by atoms with van der Waals surface area (Å²) in [6.45, 7) is 0. The molecule has 0 bridgehead atoms. The summed E-state index contributed by atoms with van der Waals surface area (Å²) in [5.74, 6) is -1.99. The van der Waals surface area contributed by atoms with Crippen LogP contribution in [0, 0.1) is 10.1 Å². The normalized spacial score (nSPS) is 16.8. The molecule has 1 aliphatic heterocycles. The van der Waals surface area contributed by atoms with Crippen LogP contribution < -0.4 is 14.7 Å². The van der Waals surface area contributed by atoms with Crippen LogP contribution in [0.25, 0.3) is 5.76 Å². The topological polar surface area (TPSA) is 107 Å². The van der Waals surface area contributed by atoms with Crippen LogP contribution >= 0.6 is 0 Å². The molecule has 3 aromatic carbocycles. The molecule has 4 rings (SSSR count). The molecule has 36 heavy (non-hydrogen) atoms. The smallest absolute Gasteiger partial charge is 0.300 e. The monoisotopic (exact) mass is 486 g/mol. The molecule has 3 aromatic rings. The lowest BCUT2D eigenvalue weighted by Gasteiger charge is -2.26. The van der Waals surface area contributed by atoms with Crippen LogP contribution in [0.2, 0.25) is 0 Å². The predicted octanol–water partition coefficient (Wildman–Crippen LogP) is 4.35. The van der Waals surface area contributed by atoms with Gasteiger partial charge in [0.1, 0.15) is 5.76 Å². The van der Waals surface area contributed by atoms with Crippen LogP contribution in [0.15, 0.2) is 78.4 Å². The summed E-state index contributed by atoms with van der Waals surface area (Å²) < 4.78 is 0. The Hall–Kier alpha value is -4.66. The summed E-state index contributed by atoms with van der Waals surface area (Å²) in [6, 6.07) is 18.9. The van der Waals surface area contributed by atoms with Gasteiger partial charge in [-0.2, -0.15) is 0 Å². The van der Waals surface area contributed by atoms with E-state index < -0.39 is 28.4 Å². The van der Waals surface area contributed by atoms with Gasteiger partial charge in [-0.15, -0.1) is 0 Å². The maximum Gasteiger partial charge on any atom is 0.300 e. The number of aliphatic hydroxyl groups excluding tert-OH is 1. The highest BCUT2D eigenvalue weighted by Gasteiger charge is 2.47. The van der Waals surface area contributed by atoms with E-state index in [9.17, 15) is 24.8 Å². The Balaban J connectivity index is 1.88. The lowest BCUT2D eigenvalue weighted by Crippen LogP contribution is -2.29. The van der Waals surface area contributed by atoms with Gasteiger partial charge in [0.05, 0.1) is 16.5 Å². The maximum absolute atomic E-state index is 13.3. The minimum Gasteiger partial charge on any atom is -0.507 e. The van der Waals surface area contributed by atoms with E-state index in [1.807, 2.05) is 74.4 Å². The number of nitro groups is 1. The van der Waals surface area contributed by atoms with Gasteiger partial charge >= 0.3 is 0 Å². The number of non-ortho nitro benzene ring substituents is 1. The van der Waals surface area contributed by atoms with Gasteiger partial charge in [0.15, 0.2) is 0 Å². The van der Waals surface area contributed by atoms with Crippen molar-refractivity contribution in [3.63, 3.8) is 0 Å². The molecule has 9 heteroatoms. The number of amides is 1. The molecule has 1 atom stereocenters. The van der Waals surface area contributed by atoms with Gasteiger partial charge in [-0.25, -0.2) is 0 Å². The predicted molar refractivity (Wildman–Crippen MR) is 139 cm³/mol. The third kappa shape index (κ3) is 4.38. The number of nitro benzene ring substituents is 1. The fourth-order valence-electron chi connectivity index (χ4n) is 4.18. The Bertz CT molecular complexity index is 1340. The van der Waals surface area contributed by atoms with E-state index in [2.05, 4.69) is 0 Å². The number of Topliss-reactive ketones (excluding diaryl/α,β-unsaturated/α-hetero) is 1. The van der Waals surface area contributed by atoms with E-state index >= 15 is 0 Å². The molecular formula is C27H26N4O5. The second-order valence-corrected chi connectivity index (χ2v) is 8.87. The molecule has 1 N–H and O–H groups in total. The van der Waals surface area contributed by atoms with Crippen molar-refractivity contribution >= 4 is 40.2 Å². The highest BCUT2D eigenvalue weighted by Crippen LogP contribution is 2.42. The van der Waals surface area contributed by atoms with Crippen molar-refractivity contribution in [3.05, 3.63) is 99.6 Å². The highest BCUT2D eigenvalue weighted by atomic mass is 16.6. The van der Waals surface area contributed by atoms with Gasteiger partial charge in [-0.1, -0.05) is 12.1 Å². The van der Waals surface area contributed by atoms with E-state index in [4.69, 9.17) is 0 Å². The van der Waals surface area contributed by atoms with Gasteiger partial charge < -0.3 is 14.9 Å². The minimum atomic E-state index is -0.887. The molecule has 1 heterocycles. The Morgan fingerprint density at radius 3 is 1.81 bits per heavy atom. The Labute approximate surface area is 208 Å². The first kappa shape index (κ1) is 24.5. The fraction of sp³-hybridized carbons (Fsp3) is 0.185. The molecule has 1 amide bonds. The summed E-state index contributed by atoms with van der Waals surface area (Å²) in [5, 5.41) is 22.2. The summed E-state index contributed by atoms with van der Waals surface area (Å²) in [5.41, 5.74) is 2.98. The molecule has 0 aliphatic carbocycles. The zero-order valence-corrected chi connectivity index (χ0v) is 20.4. The van der Waals surface area contributed by atoms with Crippen molar-refractivity contribution < 1.29 is 19.6 Å². The van der Waals surface area contributed by atoms with Crippen LogP contribution in [0.1, 0.15) is 17.2 Å². The Morgan fingerprint density at radius 1 is 0.833 bits per heavy atom. The van der Waals surface area contributed by atoms with Gasteiger partial charge in [-0.3, -0.25) is 24.6 Å². The number of aliphatic hydroxyl groups is 1. The first-order chi connectivity index (χ1) is 17.1. The Kier molecular flexibility index (Phi) is 6.48. The molecule has 0 radical (unpaired) electrons. The maximum atomic E-state index is 13.3. The molecule has 184 valence electrons. The van der Waals surface area contributed by atoms with Crippen LogP contribution in [0.3, 0.4) is 0 Å². The summed E-state index contributed by atoms with van der Waals surface area (Å²) in [7, 11) is 7.61. The third-order valence-electron chi connectivity index (χ3n) is 6.17. The molecule has 0 spiro atoms. The number of hydrogen-bond donors (Lipinski definition) is 1. The second kappa shape index (κ2) is 9.53. The summed E-state index contributed by atoms with van der Waals surface area (Å²) >= 11 is 0. The van der Waals surface area contributed by atoms with Crippen molar-refractivity contribution in [3.8, 4) is 0 Å². The number of carbonyl (C=O) groups is 2. The standard InChI is InChI=1S/C27H26N4O5/c1-28(2)19-9-5-17(6-10-19)24-23(25(32)18-7-11-22(12-8-18)31(35)36)26(33)27(34)30(24)21-15-13-20(14-16-21)29(3)4/h5-16,24,32H,1-4H3/b25-23-. The molecule has 0 aromatic heterocycles. The Morgan fingerprint density at radius 2 is 1.33 bits per heavy atom. The lowest BCUT2D eigenvalue weighted by atomic mass is 9.94. The average Bonchev–Trinajstić information content (AvgIpc) is 3.14. The molecule has 1 aliphatic rings. The highest BCUT2D eigenvalue weighted by molar-refractivity contribution is 6.51. The van der Waals surface area contributed by atoms with E-state index in [0.717, 1.165) is 11.4 Å². The van der Waals surface area contributed by atoms with Crippen molar-refractivity contribution in [1.29, 1.82) is 0 Å². The van der Waals surface area contributed by atoms with Gasteiger partial charge in [-0.05, 0) is 54.1 Å². The lowest BCUT2D eigenvalue weighted by molar-refractivity contribution is -0.384. The summed E-state index contributed by atoms with van der Waals surface area (Å²) in [6.07, 6.45) is 0. The second-order valence-electron chi connectivity index (χ2n) is 8.87. The summed E-state index contributed by atoms with van der Waals surface area (Å²) in [4.78, 5) is 42.3. The number of anilines is 3. The van der Waals surface area contributed by atoms with Crippen molar-refractivity contribution in [2.45, 2.75) is 6.04 Å². The molecule has 1 saturated heterocycles. The van der Waals surface area contributed by atoms with E-state index in [1.54, 1.807) is 12.1 Å². The van der Waals surface area contributed by atoms with Crippen LogP contribution in [0.5, 0.6) is 0 Å². The molecule has 9 nitrogen and oxygen atoms in total. The number of ketones is 1. The number of hydrogen-bond acceptors (Lipinski definition) is 7. The van der Waals surface area contributed by atoms with Gasteiger partial charge in [0.2, 0.25) is 0 Å². The first-order valence-electron chi connectivity index (χ1n) is 11.2. The van der Waals surface area contributed by atoms with Crippen LogP contribution in [0.4, 0.5) is 22.7 Å². The van der Waals surface area contributed by atoms with E-state index in [-0.39, 0.29) is 16.8 Å². The van der Waals surface area contributed by atoms with Gasteiger partial charge in [0, 0.05) is 62.9 Å². The van der Waals surface area contributed by atoms with Crippen molar-refractivity contribution in [2.75, 3.05) is 42.9 Å².